The zero-order valence-corrected chi connectivity index (χ0v) is 6.57. The van der Waals surface area contributed by atoms with Crippen LogP contribution in [0.3, 0.4) is 0 Å². The molecule has 2 radical (unpaired) electrons. The largest absolute Gasteiger partial charge is 0.103 e. The predicted octanol–water partition coefficient (Wildman–Crippen LogP) is 1.62. The van der Waals surface area contributed by atoms with Gasteiger partial charge in [-0.05, 0) is 13.8 Å². The Hall–Kier alpha value is 0.675. The minimum atomic E-state index is 0. The molecular weight excluding hydrogens is 85.9 g/mol. The Morgan fingerprint density at radius 3 is 0.875 bits per heavy atom. The summed E-state index contributed by atoms with van der Waals surface area (Å²) in [7, 11) is 0. The van der Waals surface area contributed by atoms with E-state index in [1.165, 1.54) is 0 Å². The Bertz CT molecular complexity index is 27.5. The van der Waals surface area contributed by atoms with E-state index in [0.717, 1.165) is 0 Å². The van der Waals surface area contributed by atoms with Crippen molar-refractivity contribution in [1.29, 1.82) is 0 Å². The summed E-state index contributed by atoms with van der Waals surface area (Å²) >= 11 is 0. The van der Waals surface area contributed by atoms with Gasteiger partial charge in [0.2, 0.25) is 0 Å². The van der Waals surface area contributed by atoms with Crippen LogP contribution in [0.15, 0.2) is 25.3 Å². The molecule has 0 amide bonds. The van der Waals surface area contributed by atoms with Gasteiger partial charge in [0.25, 0.3) is 0 Å². The third-order valence-corrected chi connectivity index (χ3v) is 0. The molecule has 0 aliphatic rings. The smallest absolute Gasteiger partial charge is 0 e. The van der Waals surface area contributed by atoms with Gasteiger partial charge in [-0.25, -0.2) is 0 Å². The molecule has 0 nitrogen and oxygen atoms in total. The van der Waals surface area contributed by atoms with E-state index in [2.05, 4.69) is 13.2 Å². The molecule has 0 aromatic heterocycles. The second-order valence-electron chi connectivity index (χ2n) is 0.816. The van der Waals surface area contributed by atoms with Gasteiger partial charge >= 0.3 is 0 Å². The molecule has 2 heteroatoms. The maximum atomic E-state index is 3.36. The van der Waals surface area contributed by atoms with Gasteiger partial charge in [0.15, 0.2) is 0 Å². The Morgan fingerprint density at radius 1 is 0.875 bits per heavy atom. The fourth-order valence-electron chi connectivity index (χ4n) is 0. The number of hydrogen-bond donors (Lipinski definition) is 0. The molecule has 0 aliphatic heterocycles. The Morgan fingerprint density at radius 2 is 0.875 bits per heavy atom. The summed E-state index contributed by atoms with van der Waals surface area (Å²) in [5.74, 6) is 0. The van der Waals surface area contributed by atoms with Gasteiger partial charge in [0.1, 0.15) is 0 Å². The molecule has 0 aromatic carbocycles. The normalized spacial score (nSPS) is 3.25. The molecule has 0 saturated heterocycles. The van der Waals surface area contributed by atoms with E-state index < -0.39 is 0 Å². The molecule has 0 saturated carbocycles. The van der Waals surface area contributed by atoms with Crippen LogP contribution < -0.4 is 0 Å². The summed E-state index contributed by atoms with van der Waals surface area (Å²) in [5, 5.41) is 0. The van der Waals surface area contributed by atoms with E-state index in [1.807, 2.05) is 13.8 Å². The number of hydrogen-bond acceptors (Lipinski definition) is 0. The van der Waals surface area contributed by atoms with Crippen molar-refractivity contribution in [3.05, 3.63) is 25.3 Å². The van der Waals surface area contributed by atoms with Crippen molar-refractivity contribution in [3.63, 3.8) is 0 Å². The minimum Gasteiger partial charge on any atom is -0.103 e. The molecule has 8 heavy (non-hydrogen) atoms. The number of rotatable bonds is 0. The topological polar surface area (TPSA) is 0 Å². The summed E-state index contributed by atoms with van der Waals surface area (Å²) in [4.78, 5) is 0. The van der Waals surface area contributed by atoms with E-state index in [9.17, 15) is 0 Å². The first-order valence-corrected chi connectivity index (χ1v) is 1.97. The Labute approximate surface area is 76.8 Å². The number of allylic oxidation sites excluding steroid dienone is 2. The van der Waals surface area contributed by atoms with E-state index in [1.54, 1.807) is 12.2 Å². The molecule has 0 fully saturated rings. The predicted molar refractivity (Wildman–Crippen MR) is 43.3 cm³/mol. The SMILES string of the molecule is C=CC.C=CC.[Li].[Li]. The van der Waals surface area contributed by atoms with Crippen LogP contribution in [0.4, 0.5) is 0 Å². The van der Waals surface area contributed by atoms with Gasteiger partial charge in [-0.15, -0.1) is 13.2 Å². The van der Waals surface area contributed by atoms with Crippen molar-refractivity contribution in [2.45, 2.75) is 13.8 Å². The van der Waals surface area contributed by atoms with Crippen molar-refractivity contribution >= 4 is 37.7 Å². The van der Waals surface area contributed by atoms with Crippen LogP contribution >= 0.6 is 0 Å². The summed E-state index contributed by atoms with van der Waals surface area (Å²) in [6, 6.07) is 0. The molecule has 0 spiro atoms. The maximum absolute atomic E-state index is 3.36. The van der Waals surface area contributed by atoms with Gasteiger partial charge in [0.05, 0.1) is 0 Å². The van der Waals surface area contributed by atoms with E-state index in [-0.39, 0.29) is 37.7 Å². The van der Waals surface area contributed by atoms with Crippen LogP contribution in [0.5, 0.6) is 0 Å². The molecule has 0 N–H and O–H groups in total. The average molecular weight is 98.0 g/mol. The van der Waals surface area contributed by atoms with Crippen LogP contribution in [-0.2, 0) is 0 Å². The van der Waals surface area contributed by atoms with Crippen molar-refractivity contribution in [1.82, 2.24) is 0 Å². The summed E-state index contributed by atoms with van der Waals surface area (Å²) < 4.78 is 0. The van der Waals surface area contributed by atoms with Crippen LogP contribution in [0.1, 0.15) is 13.8 Å². The van der Waals surface area contributed by atoms with Gasteiger partial charge in [-0.3, -0.25) is 0 Å². The maximum Gasteiger partial charge on any atom is 0 e. The standard InChI is InChI=1S/2C3H6.2Li/c2*1-3-2;;/h2*3H,1H2,2H3;;. The molecule has 0 aliphatic carbocycles. The average Bonchev–Trinajstić information content (AvgIpc) is 1.39. The van der Waals surface area contributed by atoms with Crippen LogP contribution in [0, 0.1) is 0 Å². The second-order valence-corrected chi connectivity index (χ2v) is 0.816. The first-order chi connectivity index (χ1) is 2.83. The molecule has 0 atom stereocenters. The van der Waals surface area contributed by atoms with Gasteiger partial charge in [-0.1, -0.05) is 12.2 Å². The summed E-state index contributed by atoms with van der Waals surface area (Å²) in [6.07, 6.45) is 3.50. The quantitative estimate of drug-likeness (QED) is 0.319. The third kappa shape index (κ3) is 472. The zero-order chi connectivity index (χ0) is 5.41. The van der Waals surface area contributed by atoms with Gasteiger partial charge < -0.3 is 0 Å². The molecule has 0 bridgehead atoms. The monoisotopic (exact) mass is 98.1 g/mol. The second kappa shape index (κ2) is 47.8. The van der Waals surface area contributed by atoms with Crippen LogP contribution in [-0.4, -0.2) is 37.7 Å². The van der Waals surface area contributed by atoms with E-state index in [0.29, 0.717) is 0 Å². The first kappa shape index (κ1) is 23.4. The molecular formula is C6H12Li2. The third-order valence-electron chi connectivity index (χ3n) is 0. The van der Waals surface area contributed by atoms with Crippen molar-refractivity contribution < 1.29 is 0 Å². The zero-order valence-electron chi connectivity index (χ0n) is 6.57. The van der Waals surface area contributed by atoms with Crippen LogP contribution in [0.25, 0.3) is 0 Å². The van der Waals surface area contributed by atoms with Crippen molar-refractivity contribution in [2.24, 2.45) is 0 Å². The van der Waals surface area contributed by atoms with Gasteiger partial charge in [-0.2, -0.15) is 0 Å². The van der Waals surface area contributed by atoms with E-state index in [4.69, 9.17) is 0 Å². The Kier molecular flexibility index (Phi) is 140. The fourth-order valence-corrected chi connectivity index (χ4v) is 0. The first-order valence-electron chi connectivity index (χ1n) is 1.97. The Balaban J connectivity index is -0.0000000160. The fraction of sp³-hybridized carbons (Fsp3) is 0.333. The molecule has 38 valence electrons. The van der Waals surface area contributed by atoms with Crippen molar-refractivity contribution in [2.75, 3.05) is 0 Å². The van der Waals surface area contributed by atoms with Gasteiger partial charge in [0, 0.05) is 37.7 Å². The van der Waals surface area contributed by atoms with Crippen LogP contribution in [0.2, 0.25) is 0 Å². The molecule has 0 unspecified atom stereocenters. The summed E-state index contributed by atoms with van der Waals surface area (Å²) in [5.41, 5.74) is 0. The minimum absolute atomic E-state index is 0. The molecule has 0 rings (SSSR count). The van der Waals surface area contributed by atoms with Crippen molar-refractivity contribution in [3.8, 4) is 0 Å². The molecule has 0 aromatic rings. The van der Waals surface area contributed by atoms with E-state index >= 15 is 0 Å². The summed E-state index contributed by atoms with van der Waals surface area (Å²) in [6.45, 7) is 10.5. The molecule has 0 heterocycles.